The monoisotopic (exact) mass is 319 g/mol. The van der Waals surface area contributed by atoms with Crippen molar-refractivity contribution in [3.8, 4) is 0 Å². The van der Waals surface area contributed by atoms with Gasteiger partial charge in [-0.05, 0) is 43.7 Å². The number of rotatable bonds is 4. The summed E-state index contributed by atoms with van der Waals surface area (Å²) in [7, 11) is 0. The van der Waals surface area contributed by atoms with E-state index in [2.05, 4.69) is 15.6 Å². The number of anilines is 1. The second-order valence-corrected chi connectivity index (χ2v) is 6.40. The Morgan fingerprint density at radius 3 is 2.91 bits per heavy atom. The van der Waals surface area contributed by atoms with E-state index in [-0.39, 0.29) is 11.8 Å². The van der Waals surface area contributed by atoms with Gasteiger partial charge in [-0.25, -0.2) is 14.2 Å². The van der Waals surface area contributed by atoms with Crippen molar-refractivity contribution in [1.29, 1.82) is 0 Å². The van der Waals surface area contributed by atoms with Crippen LogP contribution in [0.5, 0.6) is 0 Å². The molecule has 22 heavy (non-hydrogen) atoms. The predicted molar refractivity (Wildman–Crippen MR) is 85.9 cm³/mol. The number of carbonyl (C=O) groups excluding carboxylic acids is 1. The van der Waals surface area contributed by atoms with Crippen molar-refractivity contribution in [2.75, 3.05) is 11.9 Å². The van der Waals surface area contributed by atoms with E-state index in [1.165, 1.54) is 23.8 Å². The van der Waals surface area contributed by atoms with Crippen LogP contribution in [0.3, 0.4) is 0 Å². The Morgan fingerprint density at radius 1 is 1.27 bits per heavy atom. The normalized spacial score (nSPS) is 13.5. The number of hydrogen-bond donors (Lipinski definition) is 2. The number of aryl methyl sites for hydroxylation is 2. The van der Waals surface area contributed by atoms with Gasteiger partial charge in [-0.3, -0.25) is 5.32 Å². The summed E-state index contributed by atoms with van der Waals surface area (Å²) in [6.07, 6.45) is 4.90. The zero-order chi connectivity index (χ0) is 15.4. The van der Waals surface area contributed by atoms with E-state index in [4.69, 9.17) is 0 Å². The molecule has 1 aliphatic carbocycles. The Morgan fingerprint density at radius 2 is 2.09 bits per heavy atom. The molecule has 1 heterocycles. The number of benzene rings is 1. The minimum Gasteiger partial charge on any atom is -0.337 e. The van der Waals surface area contributed by atoms with Crippen molar-refractivity contribution in [2.45, 2.75) is 32.1 Å². The third-order valence-electron chi connectivity index (χ3n) is 3.70. The molecule has 0 radical (unpaired) electrons. The van der Waals surface area contributed by atoms with Gasteiger partial charge in [-0.15, -0.1) is 11.3 Å². The molecular formula is C16H18FN3OS. The Labute approximate surface area is 132 Å². The van der Waals surface area contributed by atoms with E-state index in [1.807, 2.05) is 0 Å². The first-order valence-electron chi connectivity index (χ1n) is 7.49. The molecule has 116 valence electrons. The summed E-state index contributed by atoms with van der Waals surface area (Å²) in [4.78, 5) is 17.6. The number of nitrogens with one attached hydrogen (secondary N) is 2. The number of amides is 2. The molecule has 6 heteroatoms. The van der Waals surface area contributed by atoms with Crippen molar-refractivity contribution in [2.24, 2.45) is 0 Å². The largest absolute Gasteiger partial charge is 0.337 e. The highest BCUT2D eigenvalue weighted by molar-refractivity contribution is 7.15. The summed E-state index contributed by atoms with van der Waals surface area (Å²) in [6, 6.07) is 6.31. The van der Waals surface area contributed by atoms with Crippen molar-refractivity contribution in [1.82, 2.24) is 10.3 Å². The quantitative estimate of drug-likeness (QED) is 0.906. The molecule has 0 aliphatic heterocycles. The average Bonchev–Trinajstić information content (AvgIpc) is 2.91. The van der Waals surface area contributed by atoms with E-state index in [0.717, 1.165) is 18.5 Å². The molecule has 2 aromatic rings. The number of aromatic nitrogens is 1. The van der Waals surface area contributed by atoms with Crippen LogP contribution in [0.25, 0.3) is 0 Å². The molecule has 0 saturated heterocycles. The van der Waals surface area contributed by atoms with Crippen LogP contribution in [0, 0.1) is 5.82 Å². The van der Waals surface area contributed by atoms with Crippen LogP contribution < -0.4 is 10.6 Å². The van der Waals surface area contributed by atoms with Crippen LogP contribution >= 0.6 is 11.3 Å². The topological polar surface area (TPSA) is 54.0 Å². The van der Waals surface area contributed by atoms with Gasteiger partial charge in [0, 0.05) is 11.4 Å². The molecule has 0 unspecified atom stereocenters. The van der Waals surface area contributed by atoms with Crippen molar-refractivity contribution < 1.29 is 9.18 Å². The molecule has 3 rings (SSSR count). The van der Waals surface area contributed by atoms with E-state index >= 15 is 0 Å². The molecule has 0 spiro atoms. The van der Waals surface area contributed by atoms with Crippen LogP contribution in [0.4, 0.5) is 14.3 Å². The van der Waals surface area contributed by atoms with Gasteiger partial charge < -0.3 is 5.32 Å². The van der Waals surface area contributed by atoms with Gasteiger partial charge in [0.1, 0.15) is 5.82 Å². The summed E-state index contributed by atoms with van der Waals surface area (Å²) >= 11 is 1.55. The lowest BCUT2D eigenvalue weighted by Gasteiger charge is -2.06. The van der Waals surface area contributed by atoms with E-state index in [9.17, 15) is 9.18 Å². The van der Waals surface area contributed by atoms with Crippen LogP contribution in [0.15, 0.2) is 24.3 Å². The lowest BCUT2D eigenvalue weighted by atomic mass is 10.0. The number of hydrogen-bond acceptors (Lipinski definition) is 3. The molecule has 0 atom stereocenters. The fraction of sp³-hybridized carbons (Fsp3) is 0.375. The number of fused-ring (bicyclic) bond motifs is 1. The maximum Gasteiger partial charge on any atom is 0.321 e. The highest BCUT2D eigenvalue weighted by atomic mass is 32.1. The minimum atomic E-state index is -0.289. The average molecular weight is 319 g/mol. The fourth-order valence-corrected chi connectivity index (χ4v) is 3.60. The van der Waals surface area contributed by atoms with Crippen LogP contribution in [-0.4, -0.2) is 17.6 Å². The molecule has 2 N–H and O–H groups in total. The van der Waals surface area contributed by atoms with Gasteiger partial charge in [0.2, 0.25) is 0 Å². The van der Waals surface area contributed by atoms with Gasteiger partial charge in [0.15, 0.2) is 5.13 Å². The molecule has 4 nitrogen and oxygen atoms in total. The third-order valence-corrected chi connectivity index (χ3v) is 4.78. The summed E-state index contributed by atoms with van der Waals surface area (Å²) in [5.41, 5.74) is 1.73. The van der Waals surface area contributed by atoms with Gasteiger partial charge in [-0.1, -0.05) is 18.2 Å². The first-order chi connectivity index (χ1) is 10.7. The Hall–Kier alpha value is -1.95. The highest BCUT2D eigenvalue weighted by Gasteiger charge is 2.16. The summed E-state index contributed by atoms with van der Waals surface area (Å²) < 4.78 is 13.5. The Bertz CT molecular complexity index is 648. The molecule has 0 bridgehead atoms. The van der Waals surface area contributed by atoms with Gasteiger partial charge >= 0.3 is 6.03 Å². The minimum absolute atomic E-state index is 0.239. The van der Waals surface area contributed by atoms with Gasteiger partial charge in [0.25, 0.3) is 0 Å². The smallest absolute Gasteiger partial charge is 0.321 e. The molecule has 1 aliphatic rings. The summed E-state index contributed by atoms with van der Waals surface area (Å²) in [5, 5.41) is 6.15. The molecule has 0 fully saturated rings. The summed E-state index contributed by atoms with van der Waals surface area (Å²) in [5.74, 6) is -0.239. The molecule has 2 amide bonds. The molecule has 1 aromatic heterocycles. The Kier molecular flexibility index (Phi) is 4.68. The number of halogens is 1. The maximum absolute atomic E-state index is 13.5. The van der Waals surface area contributed by atoms with Crippen LogP contribution in [0.2, 0.25) is 0 Å². The van der Waals surface area contributed by atoms with Crippen LogP contribution in [-0.2, 0) is 19.3 Å². The second kappa shape index (κ2) is 6.87. The zero-order valence-electron chi connectivity index (χ0n) is 12.2. The van der Waals surface area contributed by atoms with E-state index in [1.54, 1.807) is 29.5 Å². The molecule has 0 saturated carbocycles. The highest BCUT2D eigenvalue weighted by Crippen LogP contribution is 2.29. The summed E-state index contributed by atoms with van der Waals surface area (Å²) in [6.45, 7) is 0.387. The van der Waals surface area contributed by atoms with Gasteiger partial charge in [-0.2, -0.15) is 0 Å². The first kappa shape index (κ1) is 15.0. The van der Waals surface area contributed by atoms with Crippen LogP contribution in [0.1, 0.15) is 29.0 Å². The van der Waals surface area contributed by atoms with Crippen molar-refractivity contribution >= 4 is 22.5 Å². The number of carbonyl (C=O) groups is 1. The number of nitrogens with zero attached hydrogens (tertiary/aromatic N) is 1. The fourth-order valence-electron chi connectivity index (χ4n) is 2.56. The maximum atomic E-state index is 13.5. The molecule has 1 aromatic carbocycles. The Balaban J connectivity index is 1.48. The second-order valence-electron chi connectivity index (χ2n) is 5.32. The number of thiazole rings is 1. The predicted octanol–water partition coefficient (Wildman–Crippen LogP) is 3.53. The van der Waals surface area contributed by atoms with Crippen molar-refractivity contribution in [3.63, 3.8) is 0 Å². The first-order valence-corrected chi connectivity index (χ1v) is 8.31. The standard InChI is InChI=1S/C16H18FN3OS/c17-12-6-2-1-5-11(12)9-10-18-15(21)20-16-19-13-7-3-4-8-14(13)22-16/h1-2,5-6H,3-4,7-10H2,(H2,18,19,20,21). The van der Waals surface area contributed by atoms with Gasteiger partial charge in [0.05, 0.1) is 5.69 Å². The number of urea groups is 1. The lowest BCUT2D eigenvalue weighted by Crippen LogP contribution is -2.30. The SMILES string of the molecule is O=C(NCCc1ccccc1F)Nc1nc2c(s1)CCCC2. The van der Waals surface area contributed by atoms with E-state index in [0.29, 0.717) is 23.7 Å². The lowest BCUT2D eigenvalue weighted by molar-refractivity contribution is 0.252. The van der Waals surface area contributed by atoms with Crippen molar-refractivity contribution in [3.05, 3.63) is 46.2 Å². The third kappa shape index (κ3) is 3.62. The van der Waals surface area contributed by atoms with E-state index < -0.39 is 0 Å². The zero-order valence-corrected chi connectivity index (χ0v) is 13.0. The molecular weight excluding hydrogens is 301 g/mol.